The second-order valence-electron chi connectivity index (χ2n) is 6.32. The lowest BCUT2D eigenvalue weighted by molar-refractivity contribution is -0.128. The van der Waals surface area contributed by atoms with Gasteiger partial charge in [0.25, 0.3) is 5.91 Å². The van der Waals surface area contributed by atoms with E-state index in [1.165, 1.54) is 19.3 Å². The van der Waals surface area contributed by atoms with Crippen LogP contribution in [0.15, 0.2) is 24.3 Å². The van der Waals surface area contributed by atoms with Gasteiger partial charge in [0.2, 0.25) is 0 Å². The Morgan fingerprint density at radius 3 is 2.75 bits per heavy atom. The molecule has 0 spiro atoms. The van der Waals surface area contributed by atoms with Gasteiger partial charge in [0.1, 0.15) is 5.75 Å². The molecule has 0 radical (unpaired) electrons. The minimum atomic E-state index is -0.435. The summed E-state index contributed by atoms with van der Waals surface area (Å²) >= 11 is 0. The average Bonchev–Trinajstić information content (AvgIpc) is 3.03. The molecule has 1 N–H and O–H groups in total. The summed E-state index contributed by atoms with van der Waals surface area (Å²) in [6.45, 7) is 3.82. The molecule has 2 aliphatic carbocycles. The Balaban J connectivity index is 1.56. The first-order chi connectivity index (χ1) is 9.63. The van der Waals surface area contributed by atoms with Crippen molar-refractivity contribution < 1.29 is 9.53 Å². The quantitative estimate of drug-likeness (QED) is 0.915. The number of carbonyl (C=O) groups excluding carboxylic acids is 1. The molecule has 1 amide bonds. The van der Waals surface area contributed by atoms with E-state index in [1.807, 2.05) is 38.1 Å². The van der Waals surface area contributed by atoms with E-state index >= 15 is 0 Å². The predicted molar refractivity (Wildman–Crippen MR) is 78.6 cm³/mol. The molecule has 0 aliphatic heterocycles. The number of benzene rings is 1. The number of ether oxygens (including phenoxy) is 1. The fourth-order valence-corrected chi connectivity index (χ4v) is 3.65. The van der Waals surface area contributed by atoms with Crippen LogP contribution in [-0.2, 0) is 4.79 Å². The molecule has 2 fully saturated rings. The summed E-state index contributed by atoms with van der Waals surface area (Å²) in [7, 11) is 0. The Morgan fingerprint density at radius 1 is 1.30 bits per heavy atom. The van der Waals surface area contributed by atoms with Crippen molar-refractivity contribution in [2.24, 2.45) is 11.8 Å². The number of amides is 1. The van der Waals surface area contributed by atoms with E-state index in [4.69, 9.17) is 4.74 Å². The first-order valence-corrected chi connectivity index (χ1v) is 7.66. The van der Waals surface area contributed by atoms with Crippen LogP contribution in [0, 0.1) is 18.8 Å². The fourth-order valence-electron chi connectivity index (χ4n) is 3.65. The minimum Gasteiger partial charge on any atom is -0.481 e. The molecule has 2 bridgehead atoms. The summed E-state index contributed by atoms with van der Waals surface area (Å²) in [6, 6.07) is 8.20. The van der Waals surface area contributed by atoms with Gasteiger partial charge in [0, 0.05) is 6.04 Å². The van der Waals surface area contributed by atoms with Crippen molar-refractivity contribution in [2.75, 3.05) is 0 Å². The van der Waals surface area contributed by atoms with Crippen LogP contribution in [0.5, 0.6) is 5.75 Å². The summed E-state index contributed by atoms with van der Waals surface area (Å²) in [5.41, 5.74) is 1.06. The molecule has 3 nitrogen and oxygen atoms in total. The second-order valence-corrected chi connectivity index (χ2v) is 6.32. The van der Waals surface area contributed by atoms with Crippen LogP contribution >= 0.6 is 0 Å². The molecular formula is C17H23NO2. The molecule has 1 aromatic rings. The maximum atomic E-state index is 12.3. The smallest absolute Gasteiger partial charge is 0.261 e. The van der Waals surface area contributed by atoms with Crippen molar-refractivity contribution in [3.63, 3.8) is 0 Å². The molecule has 4 atom stereocenters. The van der Waals surface area contributed by atoms with Crippen LogP contribution in [0.25, 0.3) is 0 Å². The molecule has 3 rings (SSSR count). The highest BCUT2D eigenvalue weighted by Gasteiger charge is 2.40. The molecule has 108 valence electrons. The first-order valence-electron chi connectivity index (χ1n) is 7.66. The van der Waals surface area contributed by atoms with E-state index in [0.29, 0.717) is 12.0 Å². The molecular weight excluding hydrogens is 250 g/mol. The maximum Gasteiger partial charge on any atom is 0.261 e. The Bertz CT molecular complexity index is 500. The number of rotatable bonds is 4. The topological polar surface area (TPSA) is 38.3 Å². The number of para-hydroxylation sites is 1. The summed E-state index contributed by atoms with van der Waals surface area (Å²) < 4.78 is 5.79. The van der Waals surface area contributed by atoms with E-state index in [0.717, 1.165) is 23.7 Å². The van der Waals surface area contributed by atoms with Crippen LogP contribution in [0.3, 0.4) is 0 Å². The number of hydrogen-bond acceptors (Lipinski definition) is 2. The van der Waals surface area contributed by atoms with Crippen LogP contribution in [0.1, 0.15) is 38.2 Å². The number of fused-ring (bicyclic) bond motifs is 2. The molecule has 0 heterocycles. The third-order valence-electron chi connectivity index (χ3n) is 4.83. The van der Waals surface area contributed by atoms with Gasteiger partial charge < -0.3 is 10.1 Å². The van der Waals surface area contributed by atoms with Gasteiger partial charge in [-0.1, -0.05) is 24.6 Å². The molecule has 2 saturated carbocycles. The van der Waals surface area contributed by atoms with Crippen LogP contribution in [0.4, 0.5) is 0 Å². The summed E-state index contributed by atoms with van der Waals surface area (Å²) in [5, 5.41) is 3.19. The Hall–Kier alpha value is -1.51. The van der Waals surface area contributed by atoms with E-state index in [1.54, 1.807) is 0 Å². The van der Waals surface area contributed by atoms with Gasteiger partial charge in [-0.05, 0) is 56.6 Å². The number of carbonyl (C=O) groups is 1. The van der Waals surface area contributed by atoms with Gasteiger partial charge in [-0.3, -0.25) is 4.79 Å². The zero-order chi connectivity index (χ0) is 14.1. The van der Waals surface area contributed by atoms with Gasteiger partial charge in [0.05, 0.1) is 0 Å². The zero-order valence-electron chi connectivity index (χ0n) is 12.3. The highest BCUT2D eigenvalue weighted by atomic mass is 16.5. The molecule has 2 aliphatic rings. The lowest BCUT2D eigenvalue weighted by atomic mass is 9.95. The van der Waals surface area contributed by atoms with Crippen LogP contribution in [-0.4, -0.2) is 18.1 Å². The van der Waals surface area contributed by atoms with Crippen molar-refractivity contribution in [2.45, 2.75) is 51.7 Å². The van der Waals surface area contributed by atoms with E-state index in [9.17, 15) is 4.79 Å². The highest BCUT2D eigenvalue weighted by Crippen LogP contribution is 2.44. The lowest BCUT2D eigenvalue weighted by Crippen LogP contribution is -2.44. The normalized spacial score (nSPS) is 29.2. The van der Waals surface area contributed by atoms with Gasteiger partial charge >= 0.3 is 0 Å². The van der Waals surface area contributed by atoms with Crippen LogP contribution in [0.2, 0.25) is 0 Å². The van der Waals surface area contributed by atoms with Crippen molar-refractivity contribution >= 4 is 5.91 Å². The van der Waals surface area contributed by atoms with Crippen molar-refractivity contribution in [1.82, 2.24) is 5.32 Å². The SMILES string of the molecule is Cc1ccccc1O[C@H](C)C(=O)N[C@@H]1C[C@H]2CC[C@H]1C2. The van der Waals surface area contributed by atoms with E-state index < -0.39 is 6.10 Å². The van der Waals surface area contributed by atoms with Gasteiger partial charge in [-0.2, -0.15) is 0 Å². The van der Waals surface area contributed by atoms with Crippen molar-refractivity contribution in [1.29, 1.82) is 0 Å². The third kappa shape index (κ3) is 2.67. The van der Waals surface area contributed by atoms with Crippen molar-refractivity contribution in [3.8, 4) is 5.75 Å². The molecule has 1 aromatic carbocycles. The number of aryl methyl sites for hydroxylation is 1. The Labute approximate surface area is 120 Å². The Morgan fingerprint density at radius 2 is 2.10 bits per heavy atom. The standard InChI is InChI=1S/C17H23NO2/c1-11-5-3-4-6-16(11)20-12(2)17(19)18-15-10-13-7-8-14(15)9-13/h3-6,12-15H,7-10H2,1-2H3,(H,18,19)/t12-,13+,14+,15-/m1/s1. The van der Waals surface area contributed by atoms with Gasteiger partial charge in [-0.15, -0.1) is 0 Å². The lowest BCUT2D eigenvalue weighted by Gasteiger charge is -2.25. The maximum absolute atomic E-state index is 12.3. The highest BCUT2D eigenvalue weighted by molar-refractivity contribution is 5.81. The van der Waals surface area contributed by atoms with Gasteiger partial charge in [-0.25, -0.2) is 0 Å². The predicted octanol–water partition coefficient (Wildman–Crippen LogP) is 3.07. The van der Waals surface area contributed by atoms with E-state index in [-0.39, 0.29) is 5.91 Å². The van der Waals surface area contributed by atoms with Crippen molar-refractivity contribution in [3.05, 3.63) is 29.8 Å². The number of nitrogens with one attached hydrogen (secondary N) is 1. The summed E-state index contributed by atoms with van der Waals surface area (Å²) in [5.74, 6) is 2.36. The average molecular weight is 273 g/mol. The Kier molecular flexibility index (Phi) is 3.68. The van der Waals surface area contributed by atoms with Gasteiger partial charge in [0.15, 0.2) is 6.10 Å². The molecule has 0 unspecified atom stereocenters. The second kappa shape index (κ2) is 5.47. The largest absolute Gasteiger partial charge is 0.481 e. The molecule has 0 saturated heterocycles. The molecule has 3 heteroatoms. The molecule has 0 aromatic heterocycles. The summed E-state index contributed by atoms with van der Waals surface area (Å²) in [6.07, 6.45) is 4.66. The fraction of sp³-hybridized carbons (Fsp3) is 0.588. The number of hydrogen-bond donors (Lipinski definition) is 1. The van der Waals surface area contributed by atoms with Crippen LogP contribution < -0.4 is 10.1 Å². The summed E-state index contributed by atoms with van der Waals surface area (Å²) in [4.78, 5) is 12.3. The zero-order valence-corrected chi connectivity index (χ0v) is 12.3. The third-order valence-corrected chi connectivity index (χ3v) is 4.83. The molecule has 20 heavy (non-hydrogen) atoms. The minimum absolute atomic E-state index is 0.0193. The van der Waals surface area contributed by atoms with E-state index in [2.05, 4.69) is 5.32 Å². The first kappa shape index (κ1) is 13.5. The monoisotopic (exact) mass is 273 g/mol.